The third-order valence-corrected chi connectivity index (χ3v) is 3.44. The Kier molecular flexibility index (Phi) is 4.22. The lowest BCUT2D eigenvalue weighted by Crippen LogP contribution is -2.22. The van der Waals surface area contributed by atoms with E-state index in [0.29, 0.717) is 24.4 Å². The van der Waals surface area contributed by atoms with Gasteiger partial charge in [-0.15, -0.1) is 11.3 Å². The second-order valence-electron chi connectivity index (χ2n) is 4.02. The Morgan fingerprint density at radius 3 is 2.94 bits per heavy atom. The number of aromatic amines is 1. The highest BCUT2D eigenvalue weighted by Gasteiger charge is 2.05. The fraction of sp³-hybridized carbons (Fsp3) is 0.417. The van der Waals surface area contributed by atoms with Gasteiger partial charge >= 0.3 is 0 Å². The van der Waals surface area contributed by atoms with Gasteiger partial charge in [-0.25, -0.2) is 9.97 Å². The average molecular weight is 264 g/mol. The molecule has 0 aromatic carbocycles. The molecule has 0 bridgehead atoms. The molecule has 2 N–H and O–H groups in total. The van der Waals surface area contributed by atoms with Gasteiger partial charge in [0.2, 0.25) is 0 Å². The zero-order valence-corrected chi connectivity index (χ0v) is 11.3. The number of rotatable bonds is 5. The molecule has 0 saturated carbocycles. The Labute approximate surface area is 109 Å². The molecule has 0 aliphatic rings. The Bertz CT molecular complexity index is 575. The van der Waals surface area contributed by atoms with Crippen molar-refractivity contribution in [2.24, 2.45) is 0 Å². The van der Waals surface area contributed by atoms with Crippen molar-refractivity contribution in [2.75, 3.05) is 6.54 Å². The molecule has 96 valence electrons. The van der Waals surface area contributed by atoms with Crippen LogP contribution in [0.1, 0.15) is 29.0 Å². The van der Waals surface area contributed by atoms with Crippen molar-refractivity contribution in [1.29, 1.82) is 0 Å². The number of aryl methyl sites for hydroxylation is 1. The Morgan fingerprint density at radius 2 is 2.33 bits per heavy atom. The fourth-order valence-corrected chi connectivity index (χ4v) is 2.34. The van der Waals surface area contributed by atoms with Crippen LogP contribution in [0.15, 0.2) is 16.4 Å². The topological polar surface area (TPSA) is 70.7 Å². The number of thiazole rings is 1. The quantitative estimate of drug-likeness (QED) is 0.852. The smallest absolute Gasteiger partial charge is 0.255 e. The van der Waals surface area contributed by atoms with E-state index in [9.17, 15) is 4.79 Å². The van der Waals surface area contributed by atoms with Crippen LogP contribution in [0.25, 0.3) is 0 Å². The van der Waals surface area contributed by atoms with Gasteiger partial charge in [0.1, 0.15) is 10.8 Å². The van der Waals surface area contributed by atoms with Gasteiger partial charge in [0.05, 0.1) is 6.42 Å². The van der Waals surface area contributed by atoms with Gasteiger partial charge in [-0.3, -0.25) is 4.79 Å². The maximum atomic E-state index is 11.8. The van der Waals surface area contributed by atoms with Gasteiger partial charge in [0.15, 0.2) is 0 Å². The summed E-state index contributed by atoms with van der Waals surface area (Å²) in [6.45, 7) is 5.34. The zero-order valence-electron chi connectivity index (χ0n) is 10.5. The van der Waals surface area contributed by atoms with Crippen LogP contribution >= 0.6 is 11.3 Å². The molecule has 0 fully saturated rings. The molecular formula is C12H16N4OS. The molecule has 6 heteroatoms. The van der Waals surface area contributed by atoms with Crippen molar-refractivity contribution in [3.63, 3.8) is 0 Å². The normalized spacial score (nSPS) is 10.8. The van der Waals surface area contributed by atoms with Crippen molar-refractivity contribution in [2.45, 2.75) is 26.8 Å². The molecule has 0 aliphatic carbocycles. The van der Waals surface area contributed by atoms with Gasteiger partial charge in [-0.1, -0.05) is 6.92 Å². The van der Waals surface area contributed by atoms with Crippen LogP contribution in [-0.4, -0.2) is 21.5 Å². The lowest BCUT2D eigenvalue weighted by atomic mass is 10.3. The molecule has 5 nitrogen and oxygen atoms in total. The number of nitrogens with one attached hydrogen (secondary N) is 2. The number of hydrogen-bond donors (Lipinski definition) is 2. The standard InChI is InChI=1S/C12H16N4OS/c1-3-13-5-9-6-14-10(16-12(9)17)4-11-15-8(2)7-18-11/h6-7,13H,3-5H2,1-2H3,(H,14,16,17). The average Bonchev–Trinajstić information content (AvgIpc) is 2.74. The summed E-state index contributed by atoms with van der Waals surface area (Å²) in [6.07, 6.45) is 2.21. The molecular weight excluding hydrogens is 248 g/mol. The van der Waals surface area contributed by atoms with Crippen molar-refractivity contribution >= 4 is 11.3 Å². The first-order valence-corrected chi connectivity index (χ1v) is 6.75. The maximum absolute atomic E-state index is 11.8. The van der Waals surface area contributed by atoms with Crippen LogP contribution in [-0.2, 0) is 13.0 Å². The van der Waals surface area contributed by atoms with Gasteiger partial charge in [0.25, 0.3) is 5.56 Å². The lowest BCUT2D eigenvalue weighted by Gasteiger charge is -2.02. The van der Waals surface area contributed by atoms with Crippen molar-refractivity contribution in [3.05, 3.63) is 44.0 Å². The van der Waals surface area contributed by atoms with E-state index in [-0.39, 0.29) is 5.56 Å². The molecule has 18 heavy (non-hydrogen) atoms. The van der Waals surface area contributed by atoms with Crippen LogP contribution in [0.5, 0.6) is 0 Å². The van der Waals surface area contributed by atoms with Crippen molar-refractivity contribution in [3.8, 4) is 0 Å². The molecule has 0 atom stereocenters. The molecule has 2 rings (SSSR count). The molecule has 0 radical (unpaired) electrons. The molecule has 2 aromatic heterocycles. The lowest BCUT2D eigenvalue weighted by molar-refractivity contribution is 0.712. The van der Waals surface area contributed by atoms with Gasteiger partial charge in [-0.05, 0) is 13.5 Å². The summed E-state index contributed by atoms with van der Waals surface area (Å²) < 4.78 is 0. The van der Waals surface area contributed by atoms with Gasteiger partial charge < -0.3 is 10.3 Å². The summed E-state index contributed by atoms with van der Waals surface area (Å²) >= 11 is 1.58. The van der Waals surface area contributed by atoms with Crippen LogP contribution in [0.4, 0.5) is 0 Å². The predicted molar refractivity (Wildman–Crippen MR) is 71.9 cm³/mol. The highest BCUT2D eigenvalue weighted by Crippen LogP contribution is 2.11. The monoisotopic (exact) mass is 264 g/mol. The molecule has 2 aromatic rings. The highest BCUT2D eigenvalue weighted by molar-refractivity contribution is 7.09. The second kappa shape index (κ2) is 5.88. The minimum absolute atomic E-state index is 0.0748. The first-order chi connectivity index (χ1) is 8.69. The van der Waals surface area contributed by atoms with E-state index in [2.05, 4.69) is 20.3 Å². The molecule has 0 aliphatic heterocycles. The maximum Gasteiger partial charge on any atom is 0.255 e. The highest BCUT2D eigenvalue weighted by atomic mass is 32.1. The van der Waals surface area contributed by atoms with Crippen LogP contribution in [0, 0.1) is 6.92 Å². The van der Waals surface area contributed by atoms with Crippen LogP contribution < -0.4 is 10.9 Å². The first kappa shape index (κ1) is 12.9. The van der Waals surface area contributed by atoms with Gasteiger partial charge in [0, 0.05) is 29.4 Å². The summed E-state index contributed by atoms with van der Waals surface area (Å²) in [5.41, 5.74) is 1.59. The zero-order chi connectivity index (χ0) is 13.0. The number of hydrogen-bond acceptors (Lipinski definition) is 5. The molecule has 0 amide bonds. The predicted octanol–water partition coefficient (Wildman–Crippen LogP) is 1.24. The summed E-state index contributed by atoms with van der Waals surface area (Å²) in [5.74, 6) is 0.662. The SMILES string of the molecule is CCNCc1cnc(Cc2nc(C)cs2)[nH]c1=O. The van der Waals surface area contributed by atoms with Gasteiger partial charge in [-0.2, -0.15) is 0 Å². The Hall–Kier alpha value is -1.53. The molecule has 2 heterocycles. The van der Waals surface area contributed by atoms with E-state index >= 15 is 0 Å². The minimum Gasteiger partial charge on any atom is -0.313 e. The number of H-pyrrole nitrogens is 1. The van der Waals surface area contributed by atoms with E-state index in [1.165, 1.54) is 0 Å². The van der Waals surface area contributed by atoms with Crippen molar-refractivity contribution < 1.29 is 0 Å². The minimum atomic E-state index is -0.0748. The van der Waals surface area contributed by atoms with E-state index in [1.54, 1.807) is 17.5 Å². The summed E-state index contributed by atoms with van der Waals surface area (Å²) in [5, 5.41) is 6.07. The Balaban J connectivity index is 2.11. The third kappa shape index (κ3) is 3.24. The van der Waals surface area contributed by atoms with E-state index in [1.807, 2.05) is 19.2 Å². The van der Waals surface area contributed by atoms with E-state index in [0.717, 1.165) is 17.2 Å². The largest absolute Gasteiger partial charge is 0.313 e. The van der Waals surface area contributed by atoms with Crippen molar-refractivity contribution in [1.82, 2.24) is 20.3 Å². The molecule has 0 saturated heterocycles. The number of aromatic nitrogens is 3. The molecule has 0 spiro atoms. The summed E-state index contributed by atoms with van der Waals surface area (Å²) in [7, 11) is 0. The first-order valence-electron chi connectivity index (χ1n) is 5.88. The van der Waals surface area contributed by atoms with Crippen LogP contribution in [0.3, 0.4) is 0 Å². The molecule has 0 unspecified atom stereocenters. The van der Waals surface area contributed by atoms with E-state index < -0.39 is 0 Å². The second-order valence-corrected chi connectivity index (χ2v) is 4.97. The fourth-order valence-electron chi connectivity index (χ4n) is 1.56. The van der Waals surface area contributed by atoms with Crippen LogP contribution in [0.2, 0.25) is 0 Å². The summed E-state index contributed by atoms with van der Waals surface area (Å²) in [4.78, 5) is 23.2. The number of nitrogens with zero attached hydrogens (tertiary/aromatic N) is 2. The van der Waals surface area contributed by atoms with E-state index in [4.69, 9.17) is 0 Å². The summed E-state index contributed by atoms with van der Waals surface area (Å²) in [6, 6.07) is 0. The Morgan fingerprint density at radius 1 is 1.50 bits per heavy atom. The third-order valence-electron chi connectivity index (χ3n) is 2.48.